The van der Waals surface area contributed by atoms with Gasteiger partial charge < -0.3 is 43.8 Å². The van der Waals surface area contributed by atoms with Crippen LogP contribution < -0.4 is 10.6 Å². The second kappa shape index (κ2) is 33.9. The second-order valence-corrected chi connectivity index (χ2v) is 17.9. The van der Waals surface area contributed by atoms with E-state index in [-0.39, 0.29) is 116 Å². The summed E-state index contributed by atoms with van der Waals surface area (Å²) in [5.74, 6) is -10.2. The Bertz CT molecular complexity index is 4100. The SMILES string of the molecule is CCOC(=O)c1nc(C(=O)NCc2ccc(F)c(Cl)c2)n2nccc2n1.CCOC(=O)c1nc(C(=O)NCc2ccc(F)c(Cl)c2)nc2ccnn12.CCOC(=O)c1nc(C(=O)OCC)n2nccc2n1.CCOC(=O)c1nc(C(=O)OCC)nc(C(=O)OCC)n1. The normalized spacial score (nSPS) is 10.5. The standard InChI is InChI=1S/2C16H13ClFN5O3.C12H15N3O6.C11H12N4O4/c1-2-26-16(25)13-21-12-5-6-20-23(12)14(22-13)15(24)19-8-9-3-4-11(18)10(17)7-9;1-2-26-16(25)14-22-13(21-12-5-6-20-23(12)14)15(24)19-8-9-3-4-11(18)10(17)7-9;1-4-19-10(16)7-13-8(11(17)20-5-2)15-9(14-7)12(18)21-6-3;1-3-18-10(16)8-13-7-5-6-12-15(7)9(14-8)11(17)19-4-2/h2*3-7H,2,8H2,1H3,(H,19,24);4-6H2,1-3H3;5-6H,3-4H2,1-2H3. The van der Waals surface area contributed by atoms with Crippen LogP contribution in [-0.4, -0.2) is 174 Å². The lowest BCUT2D eigenvalue weighted by atomic mass is 10.2. The van der Waals surface area contributed by atoms with E-state index in [1.807, 2.05) is 0 Å². The van der Waals surface area contributed by atoms with Gasteiger partial charge in [0.1, 0.15) is 11.6 Å². The van der Waals surface area contributed by atoms with Gasteiger partial charge in [-0.2, -0.15) is 58.7 Å². The zero-order valence-corrected chi connectivity index (χ0v) is 51.1. The molecular formula is C55H53Cl2F2N17O16. The van der Waals surface area contributed by atoms with Gasteiger partial charge in [-0.3, -0.25) is 9.59 Å². The van der Waals surface area contributed by atoms with E-state index >= 15 is 0 Å². The van der Waals surface area contributed by atoms with Crippen LogP contribution in [0, 0.1) is 11.6 Å². The summed E-state index contributed by atoms with van der Waals surface area (Å²) in [6, 6.07) is 12.8. The molecule has 7 heterocycles. The van der Waals surface area contributed by atoms with E-state index in [1.54, 1.807) is 54.5 Å². The number of carbonyl (C=O) groups excluding carboxylic acids is 9. The van der Waals surface area contributed by atoms with Gasteiger partial charge in [-0.25, -0.2) is 57.3 Å². The van der Waals surface area contributed by atoms with E-state index in [2.05, 4.69) is 70.8 Å². The first-order chi connectivity index (χ1) is 44.2. The summed E-state index contributed by atoms with van der Waals surface area (Å²) in [7, 11) is 0. The van der Waals surface area contributed by atoms with E-state index in [9.17, 15) is 51.9 Å². The fourth-order valence-electron chi connectivity index (χ4n) is 7.01. The van der Waals surface area contributed by atoms with Crippen LogP contribution in [0.2, 0.25) is 10.0 Å². The highest BCUT2D eigenvalue weighted by Crippen LogP contribution is 2.18. The van der Waals surface area contributed by atoms with Crippen molar-refractivity contribution in [2.24, 2.45) is 0 Å². The molecule has 482 valence electrons. The van der Waals surface area contributed by atoms with Crippen molar-refractivity contribution in [1.82, 2.24) is 84.3 Å². The first-order valence-corrected chi connectivity index (χ1v) is 28.0. The minimum Gasteiger partial charge on any atom is -0.460 e. The highest BCUT2D eigenvalue weighted by Gasteiger charge is 2.26. The summed E-state index contributed by atoms with van der Waals surface area (Å²) in [4.78, 5) is 142. The molecule has 0 aliphatic heterocycles. The largest absolute Gasteiger partial charge is 0.460 e. The molecular weight excluding hydrogens is 1260 g/mol. The third-order valence-corrected chi connectivity index (χ3v) is 11.5. The molecule has 0 atom stereocenters. The molecule has 2 N–H and O–H groups in total. The highest BCUT2D eigenvalue weighted by molar-refractivity contribution is 6.31. The van der Waals surface area contributed by atoms with E-state index < -0.39 is 82.7 Å². The van der Waals surface area contributed by atoms with Crippen molar-refractivity contribution in [1.29, 1.82) is 0 Å². The fraction of sp³-hybridized carbons (Fsp3) is 0.291. The average molecular weight is 1320 g/mol. The Labute approximate surface area is 527 Å². The van der Waals surface area contributed by atoms with Crippen molar-refractivity contribution < 1.29 is 85.1 Å². The maximum Gasteiger partial charge on any atom is 0.376 e. The van der Waals surface area contributed by atoms with Gasteiger partial charge in [0.05, 0.1) is 74.9 Å². The van der Waals surface area contributed by atoms with Gasteiger partial charge in [0, 0.05) is 31.3 Å². The van der Waals surface area contributed by atoms with Gasteiger partial charge >= 0.3 is 41.8 Å². The van der Waals surface area contributed by atoms with Crippen LogP contribution in [0.4, 0.5) is 8.78 Å². The number of aromatic nitrogens is 15. The number of nitrogens with one attached hydrogen (secondary N) is 2. The van der Waals surface area contributed by atoms with E-state index in [4.69, 9.17) is 56.4 Å². The van der Waals surface area contributed by atoms with Crippen LogP contribution in [0.3, 0.4) is 0 Å². The second-order valence-electron chi connectivity index (χ2n) is 17.1. The molecule has 0 unspecified atom stereocenters. The molecule has 0 saturated carbocycles. The zero-order chi connectivity index (χ0) is 67.0. The van der Waals surface area contributed by atoms with Gasteiger partial charge in [-0.15, -0.1) is 0 Å². The van der Waals surface area contributed by atoms with Crippen LogP contribution in [0.25, 0.3) is 16.9 Å². The molecule has 0 saturated heterocycles. The molecule has 9 aromatic rings. The predicted molar refractivity (Wildman–Crippen MR) is 309 cm³/mol. The highest BCUT2D eigenvalue weighted by atomic mass is 35.5. The average Bonchev–Trinajstić information content (AvgIpc) is 1.60. The Morgan fingerprint density at radius 1 is 0.370 bits per heavy atom. The van der Waals surface area contributed by atoms with Crippen molar-refractivity contribution in [2.75, 3.05) is 46.2 Å². The molecule has 2 amide bonds. The Balaban J connectivity index is 0.000000197. The van der Waals surface area contributed by atoms with Gasteiger partial charge in [0.2, 0.25) is 52.4 Å². The van der Waals surface area contributed by atoms with Gasteiger partial charge in [-0.05, 0) is 83.9 Å². The summed E-state index contributed by atoms with van der Waals surface area (Å²) in [5.41, 5.74) is 2.07. The molecule has 2 aromatic carbocycles. The van der Waals surface area contributed by atoms with E-state index in [1.165, 1.54) is 80.7 Å². The monoisotopic (exact) mass is 1320 g/mol. The number of carbonyl (C=O) groups is 9. The molecule has 0 bridgehead atoms. The van der Waals surface area contributed by atoms with Gasteiger partial charge in [0.25, 0.3) is 11.8 Å². The number of halogens is 4. The number of rotatable bonds is 20. The Morgan fingerprint density at radius 3 is 0.989 bits per heavy atom. The molecule has 7 aromatic heterocycles. The summed E-state index contributed by atoms with van der Waals surface area (Å²) in [6.45, 7) is 12.6. The fourth-order valence-corrected chi connectivity index (χ4v) is 7.42. The van der Waals surface area contributed by atoms with Crippen LogP contribution >= 0.6 is 23.2 Å². The maximum absolute atomic E-state index is 13.2. The summed E-state index contributed by atoms with van der Waals surface area (Å²) in [6.07, 6.45) is 4.30. The quantitative estimate of drug-likeness (QED) is 0.0754. The minimum absolute atomic E-state index is 0.0433. The molecule has 92 heavy (non-hydrogen) atoms. The minimum atomic E-state index is -0.879. The first kappa shape index (κ1) is 69.9. The molecule has 0 radical (unpaired) electrons. The van der Waals surface area contributed by atoms with Crippen LogP contribution in [0.5, 0.6) is 0 Å². The molecule has 0 fully saturated rings. The number of esters is 7. The number of benzene rings is 2. The summed E-state index contributed by atoms with van der Waals surface area (Å²) >= 11 is 11.4. The van der Waals surface area contributed by atoms with Crippen molar-refractivity contribution in [3.8, 4) is 0 Å². The smallest absolute Gasteiger partial charge is 0.376 e. The Kier molecular flexibility index (Phi) is 25.8. The Hall–Kier alpha value is -11.2. The molecule has 37 heteroatoms. The maximum atomic E-state index is 13.2. The lowest BCUT2D eigenvalue weighted by molar-refractivity contribution is 0.0469. The van der Waals surface area contributed by atoms with Gasteiger partial charge in [-0.1, -0.05) is 35.3 Å². The first-order valence-electron chi connectivity index (χ1n) is 27.2. The molecule has 33 nitrogen and oxygen atoms in total. The lowest BCUT2D eigenvalue weighted by Crippen LogP contribution is -2.28. The van der Waals surface area contributed by atoms with Crippen molar-refractivity contribution in [2.45, 2.75) is 61.6 Å². The molecule has 9 rings (SSSR count). The number of nitrogens with zero attached hydrogens (tertiary/aromatic N) is 15. The van der Waals surface area contributed by atoms with Crippen molar-refractivity contribution in [3.05, 3.63) is 158 Å². The summed E-state index contributed by atoms with van der Waals surface area (Å²) in [5, 5.41) is 16.9. The van der Waals surface area contributed by atoms with Crippen LogP contribution in [0.1, 0.15) is 155 Å². The van der Waals surface area contributed by atoms with Crippen LogP contribution in [0.15, 0.2) is 73.2 Å². The van der Waals surface area contributed by atoms with Crippen molar-refractivity contribution >= 4 is 93.7 Å². The lowest BCUT2D eigenvalue weighted by Gasteiger charge is -2.08. The Morgan fingerprint density at radius 2 is 0.652 bits per heavy atom. The van der Waals surface area contributed by atoms with E-state index in [0.29, 0.717) is 16.8 Å². The molecule has 0 aliphatic rings. The van der Waals surface area contributed by atoms with Crippen molar-refractivity contribution in [3.63, 3.8) is 0 Å². The van der Waals surface area contributed by atoms with E-state index in [0.717, 1.165) is 0 Å². The van der Waals surface area contributed by atoms with Gasteiger partial charge in [0.15, 0.2) is 16.9 Å². The van der Waals surface area contributed by atoms with Crippen LogP contribution in [-0.2, 0) is 46.2 Å². The number of hydrogen-bond donors (Lipinski definition) is 2. The number of fused-ring (bicyclic) bond motifs is 3. The predicted octanol–water partition coefficient (Wildman–Crippen LogP) is 4.93. The number of ether oxygens (including phenoxy) is 7. The number of hydrogen-bond acceptors (Lipinski definition) is 28. The third-order valence-electron chi connectivity index (χ3n) is 10.9. The topological polar surface area (TPSA) is 410 Å². The zero-order valence-electron chi connectivity index (χ0n) is 49.5. The number of amides is 2. The molecule has 0 aliphatic carbocycles. The molecule has 0 spiro atoms. The summed E-state index contributed by atoms with van der Waals surface area (Å²) < 4.78 is 63.6. The third kappa shape index (κ3) is 18.7.